The van der Waals surface area contributed by atoms with E-state index in [0.717, 1.165) is 6.42 Å². The molecule has 2 aromatic rings. The zero-order valence-corrected chi connectivity index (χ0v) is 12.4. The van der Waals surface area contributed by atoms with Crippen LogP contribution in [0.5, 0.6) is 0 Å². The van der Waals surface area contributed by atoms with Gasteiger partial charge in [-0.1, -0.05) is 58.4 Å². The third kappa shape index (κ3) is 3.21. The first-order valence-electron chi connectivity index (χ1n) is 6.18. The van der Waals surface area contributed by atoms with E-state index in [-0.39, 0.29) is 0 Å². The number of benzene rings is 2. The molecule has 0 radical (unpaired) electrons. The second-order valence-corrected chi connectivity index (χ2v) is 5.41. The summed E-state index contributed by atoms with van der Waals surface area (Å²) in [5.74, 6) is 0. The van der Waals surface area contributed by atoms with Crippen LogP contribution in [0.3, 0.4) is 0 Å². The minimum Gasteiger partial charge on any atom is -0.313 e. The summed E-state index contributed by atoms with van der Waals surface area (Å²) in [4.78, 5) is 0. The predicted octanol–water partition coefficient (Wildman–Crippen LogP) is 4.26. The van der Waals surface area contributed by atoms with Crippen LogP contribution < -0.4 is 5.32 Å². The highest BCUT2D eigenvalue weighted by Gasteiger charge is 2.13. The molecule has 2 rings (SSSR count). The van der Waals surface area contributed by atoms with Crippen LogP contribution in [-0.4, -0.2) is 7.05 Å². The smallest absolute Gasteiger partial charge is 0.0369 e. The van der Waals surface area contributed by atoms with Gasteiger partial charge in [-0.2, -0.15) is 0 Å². The Hall–Kier alpha value is -1.12. The molecule has 0 fully saturated rings. The Labute approximate surface area is 117 Å². The van der Waals surface area contributed by atoms with Gasteiger partial charge in [0.1, 0.15) is 0 Å². The van der Waals surface area contributed by atoms with Crippen LogP contribution in [0.2, 0.25) is 0 Å². The molecule has 2 aromatic carbocycles. The Bertz CT molecular complexity index is 508. The fourth-order valence-electron chi connectivity index (χ4n) is 2.13. The van der Waals surface area contributed by atoms with Gasteiger partial charge >= 0.3 is 0 Å². The number of hydrogen-bond donors (Lipinski definition) is 1. The normalized spacial score (nSPS) is 12.4. The SMILES string of the molecule is CNC(Cc1ccccc1)c1ccc(C)cc1Br. The molecule has 0 saturated heterocycles. The highest BCUT2D eigenvalue weighted by molar-refractivity contribution is 9.10. The van der Waals surface area contributed by atoms with Crippen LogP contribution >= 0.6 is 15.9 Å². The van der Waals surface area contributed by atoms with E-state index in [2.05, 4.69) is 76.7 Å². The van der Waals surface area contributed by atoms with Crippen molar-refractivity contribution in [3.8, 4) is 0 Å². The van der Waals surface area contributed by atoms with Gasteiger partial charge in [-0.3, -0.25) is 0 Å². The van der Waals surface area contributed by atoms with Crippen molar-refractivity contribution in [2.24, 2.45) is 0 Å². The van der Waals surface area contributed by atoms with Crippen molar-refractivity contribution in [1.82, 2.24) is 5.32 Å². The molecule has 0 aliphatic rings. The zero-order valence-electron chi connectivity index (χ0n) is 10.8. The molecule has 18 heavy (non-hydrogen) atoms. The molecular weight excluding hydrogens is 286 g/mol. The van der Waals surface area contributed by atoms with E-state index >= 15 is 0 Å². The Morgan fingerprint density at radius 3 is 2.44 bits per heavy atom. The van der Waals surface area contributed by atoms with Crippen LogP contribution in [-0.2, 0) is 6.42 Å². The summed E-state index contributed by atoms with van der Waals surface area (Å²) in [5, 5.41) is 3.40. The van der Waals surface area contributed by atoms with Gasteiger partial charge in [0.05, 0.1) is 0 Å². The summed E-state index contributed by atoms with van der Waals surface area (Å²) in [7, 11) is 2.01. The molecule has 1 nitrogen and oxygen atoms in total. The van der Waals surface area contributed by atoms with Crippen LogP contribution in [0, 0.1) is 6.92 Å². The summed E-state index contributed by atoms with van der Waals surface area (Å²) in [6, 6.07) is 17.4. The number of nitrogens with one attached hydrogen (secondary N) is 1. The predicted molar refractivity (Wildman–Crippen MR) is 80.8 cm³/mol. The Morgan fingerprint density at radius 1 is 1.11 bits per heavy atom. The monoisotopic (exact) mass is 303 g/mol. The second-order valence-electron chi connectivity index (χ2n) is 4.56. The largest absolute Gasteiger partial charge is 0.313 e. The highest BCUT2D eigenvalue weighted by Crippen LogP contribution is 2.26. The fourth-order valence-corrected chi connectivity index (χ4v) is 2.90. The van der Waals surface area contributed by atoms with Gasteiger partial charge in [0.15, 0.2) is 0 Å². The van der Waals surface area contributed by atoms with Gasteiger partial charge in [-0.05, 0) is 43.1 Å². The van der Waals surface area contributed by atoms with Crippen LogP contribution in [0.25, 0.3) is 0 Å². The molecule has 94 valence electrons. The molecule has 1 atom stereocenters. The van der Waals surface area contributed by atoms with E-state index in [1.165, 1.54) is 21.2 Å². The Balaban J connectivity index is 2.23. The molecule has 2 heteroatoms. The van der Waals surface area contributed by atoms with Crippen LogP contribution in [0.1, 0.15) is 22.7 Å². The van der Waals surface area contributed by atoms with Gasteiger partial charge in [0.2, 0.25) is 0 Å². The van der Waals surface area contributed by atoms with Crippen molar-refractivity contribution in [1.29, 1.82) is 0 Å². The number of rotatable bonds is 4. The quantitative estimate of drug-likeness (QED) is 0.890. The number of halogens is 1. The maximum Gasteiger partial charge on any atom is 0.0369 e. The summed E-state index contributed by atoms with van der Waals surface area (Å²) in [5.41, 5.74) is 3.94. The van der Waals surface area contributed by atoms with Crippen molar-refractivity contribution in [2.45, 2.75) is 19.4 Å². The number of hydrogen-bond acceptors (Lipinski definition) is 1. The maximum atomic E-state index is 3.66. The van der Waals surface area contributed by atoms with Gasteiger partial charge in [0, 0.05) is 10.5 Å². The number of aryl methyl sites for hydroxylation is 1. The fraction of sp³-hybridized carbons (Fsp3) is 0.250. The van der Waals surface area contributed by atoms with Gasteiger partial charge in [-0.25, -0.2) is 0 Å². The third-order valence-corrected chi connectivity index (χ3v) is 3.85. The Morgan fingerprint density at radius 2 is 1.83 bits per heavy atom. The molecule has 0 saturated carbocycles. The molecule has 0 aliphatic heterocycles. The van der Waals surface area contributed by atoms with E-state index in [4.69, 9.17) is 0 Å². The first-order valence-corrected chi connectivity index (χ1v) is 6.97. The summed E-state index contributed by atoms with van der Waals surface area (Å²) in [6.45, 7) is 2.11. The van der Waals surface area contributed by atoms with Gasteiger partial charge in [-0.15, -0.1) is 0 Å². The average Bonchev–Trinajstić information content (AvgIpc) is 2.38. The third-order valence-electron chi connectivity index (χ3n) is 3.16. The number of likely N-dealkylation sites (N-methyl/N-ethyl adjacent to an activating group) is 1. The molecule has 0 amide bonds. The second kappa shape index (κ2) is 6.17. The van der Waals surface area contributed by atoms with Crippen LogP contribution in [0.4, 0.5) is 0 Å². The topological polar surface area (TPSA) is 12.0 Å². The molecule has 0 aromatic heterocycles. The highest BCUT2D eigenvalue weighted by atomic mass is 79.9. The lowest BCUT2D eigenvalue weighted by molar-refractivity contribution is 0.589. The average molecular weight is 304 g/mol. The molecule has 0 heterocycles. The summed E-state index contributed by atoms with van der Waals surface area (Å²) < 4.78 is 1.18. The van der Waals surface area contributed by atoms with Gasteiger partial charge in [0.25, 0.3) is 0 Å². The summed E-state index contributed by atoms with van der Waals surface area (Å²) >= 11 is 3.66. The van der Waals surface area contributed by atoms with Crippen molar-refractivity contribution >= 4 is 15.9 Å². The molecule has 0 spiro atoms. The van der Waals surface area contributed by atoms with Crippen molar-refractivity contribution < 1.29 is 0 Å². The van der Waals surface area contributed by atoms with Gasteiger partial charge < -0.3 is 5.32 Å². The lowest BCUT2D eigenvalue weighted by atomic mass is 9.98. The Kier molecular flexibility index (Phi) is 4.56. The van der Waals surface area contributed by atoms with Crippen LogP contribution in [0.15, 0.2) is 53.0 Å². The first-order chi connectivity index (χ1) is 8.70. The van der Waals surface area contributed by atoms with E-state index in [1.807, 2.05) is 7.05 Å². The molecular formula is C16H18BrN. The first kappa shape index (κ1) is 13.3. The minimum atomic E-state index is 0.336. The van der Waals surface area contributed by atoms with E-state index in [0.29, 0.717) is 6.04 Å². The zero-order chi connectivity index (χ0) is 13.0. The van der Waals surface area contributed by atoms with Crippen molar-refractivity contribution in [3.05, 3.63) is 69.7 Å². The standard InChI is InChI=1S/C16H18BrN/c1-12-8-9-14(15(17)10-12)16(18-2)11-13-6-4-3-5-7-13/h3-10,16,18H,11H2,1-2H3. The lowest BCUT2D eigenvalue weighted by Gasteiger charge is -2.18. The molecule has 1 N–H and O–H groups in total. The minimum absolute atomic E-state index is 0.336. The molecule has 1 unspecified atom stereocenters. The lowest BCUT2D eigenvalue weighted by Crippen LogP contribution is -2.19. The summed E-state index contributed by atoms with van der Waals surface area (Å²) in [6.07, 6.45) is 0.999. The van der Waals surface area contributed by atoms with Crippen molar-refractivity contribution in [2.75, 3.05) is 7.05 Å². The van der Waals surface area contributed by atoms with E-state index in [1.54, 1.807) is 0 Å². The van der Waals surface area contributed by atoms with E-state index < -0.39 is 0 Å². The maximum absolute atomic E-state index is 3.66. The van der Waals surface area contributed by atoms with Crippen molar-refractivity contribution in [3.63, 3.8) is 0 Å². The molecule has 0 bridgehead atoms. The molecule has 0 aliphatic carbocycles. The van der Waals surface area contributed by atoms with E-state index in [9.17, 15) is 0 Å².